The quantitative estimate of drug-likeness (QED) is 0.592. The second kappa shape index (κ2) is 5.15. The van der Waals surface area contributed by atoms with Crippen LogP contribution in [-0.2, 0) is 0 Å². The van der Waals surface area contributed by atoms with Crippen molar-refractivity contribution in [3.05, 3.63) is 40.9 Å². The summed E-state index contributed by atoms with van der Waals surface area (Å²) >= 11 is 11.6. The van der Waals surface area contributed by atoms with Crippen molar-refractivity contribution in [1.29, 1.82) is 0 Å². The van der Waals surface area contributed by atoms with Crippen LogP contribution in [0.25, 0.3) is 0 Å². The fourth-order valence-electron chi connectivity index (χ4n) is 0.974. The standard InChI is InChI=1S/C10H11Cl2N/c1-2-3-4-13-10-6-8(11)5-9(12)7-10/h2,5-7,13H,1,3-4H2. The van der Waals surface area contributed by atoms with Gasteiger partial charge in [0.05, 0.1) is 0 Å². The van der Waals surface area contributed by atoms with Gasteiger partial charge in [-0.3, -0.25) is 0 Å². The molecule has 1 rings (SSSR count). The van der Waals surface area contributed by atoms with Crippen LogP contribution in [0.15, 0.2) is 30.9 Å². The minimum absolute atomic E-state index is 0.647. The Bertz CT molecular complexity index is 277. The van der Waals surface area contributed by atoms with E-state index >= 15 is 0 Å². The molecule has 0 saturated carbocycles. The van der Waals surface area contributed by atoms with Gasteiger partial charge in [0.25, 0.3) is 0 Å². The van der Waals surface area contributed by atoms with Gasteiger partial charge in [0.15, 0.2) is 0 Å². The van der Waals surface area contributed by atoms with Crippen LogP contribution < -0.4 is 5.32 Å². The zero-order valence-electron chi connectivity index (χ0n) is 7.19. The van der Waals surface area contributed by atoms with E-state index in [-0.39, 0.29) is 0 Å². The first-order valence-electron chi connectivity index (χ1n) is 4.03. The highest BCUT2D eigenvalue weighted by atomic mass is 35.5. The highest BCUT2D eigenvalue weighted by Gasteiger charge is 1.96. The number of anilines is 1. The van der Waals surface area contributed by atoms with Crippen molar-refractivity contribution in [2.24, 2.45) is 0 Å². The number of benzene rings is 1. The summed E-state index contributed by atoms with van der Waals surface area (Å²) in [5.74, 6) is 0. The highest BCUT2D eigenvalue weighted by molar-refractivity contribution is 6.35. The second-order valence-corrected chi connectivity index (χ2v) is 3.54. The van der Waals surface area contributed by atoms with Gasteiger partial charge in [-0.25, -0.2) is 0 Å². The van der Waals surface area contributed by atoms with E-state index in [0.717, 1.165) is 18.7 Å². The summed E-state index contributed by atoms with van der Waals surface area (Å²) < 4.78 is 0. The molecule has 0 heterocycles. The van der Waals surface area contributed by atoms with E-state index in [1.165, 1.54) is 0 Å². The van der Waals surface area contributed by atoms with Gasteiger partial charge in [0.2, 0.25) is 0 Å². The molecule has 0 bridgehead atoms. The maximum Gasteiger partial charge on any atom is 0.0441 e. The van der Waals surface area contributed by atoms with Gasteiger partial charge in [-0.2, -0.15) is 0 Å². The van der Waals surface area contributed by atoms with Gasteiger partial charge < -0.3 is 5.32 Å². The third-order valence-corrected chi connectivity index (χ3v) is 1.98. The maximum atomic E-state index is 5.82. The van der Waals surface area contributed by atoms with Crippen LogP contribution in [0.3, 0.4) is 0 Å². The summed E-state index contributed by atoms with van der Waals surface area (Å²) in [7, 11) is 0. The minimum atomic E-state index is 0.647. The number of nitrogens with one attached hydrogen (secondary N) is 1. The summed E-state index contributed by atoms with van der Waals surface area (Å²) in [5.41, 5.74) is 0.944. The Morgan fingerprint density at radius 1 is 1.23 bits per heavy atom. The van der Waals surface area contributed by atoms with E-state index in [2.05, 4.69) is 11.9 Å². The van der Waals surface area contributed by atoms with Crippen LogP contribution in [0.4, 0.5) is 5.69 Å². The number of hydrogen-bond donors (Lipinski definition) is 1. The molecule has 0 atom stereocenters. The van der Waals surface area contributed by atoms with E-state index < -0.39 is 0 Å². The van der Waals surface area contributed by atoms with Crippen LogP contribution in [0.5, 0.6) is 0 Å². The number of halogens is 2. The van der Waals surface area contributed by atoms with Gasteiger partial charge in [-0.05, 0) is 24.6 Å². The molecular weight excluding hydrogens is 205 g/mol. The van der Waals surface area contributed by atoms with Crippen molar-refractivity contribution in [1.82, 2.24) is 0 Å². The van der Waals surface area contributed by atoms with Crippen molar-refractivity contribution in [2.75, 3.05) is 11.9 Å². The molecule has 0 aliphatic rings. The average molecular weight is 216 g/mol. The smallest absolute Gasteiger partial charge is 0.0441 e. The fraction of sp³-hybridized carbons (Fsp3) is 0.200. The Balaban J connectivity index is 2.60. The molecule has 0 aliphatic heterocycles. The Morgan fingerprint density at radius 2 is 1.85 bits per heavy atom. The van der Waals surface area contributed by atoms with E-state index in [1.807, 2.05) is 18.2 Å². The first-order chi connectivity index (χ1) is 6.22. The first-order valence-corrected chi connectivity index (χ1v) is 4.79. The van der Waals surface area contributed by atoms with Gasteiger partial charge in [0.1, 0.15) is 0 Å². The third kappa shape index (κ3) is 3.71. The third-order valence-electron chi connectivity index (χ3n) is 1.54. The largest absolute Gasteiger partial charge is 0.385 e. The van der Waals surface area contributed by atoms with E-state index in [9.17, 15) is 0 Å². The summed E-state index contributed by atoms with van der Waals surface area (Å²) in [6, 6.07) is 5.40. The monoisotopic (exact) mass is 215 g/mol. The van der Waals surface area contributed by atoms with Crippen molar-refractivity contribution >= 4 is 28.9 Å². The van der Waals surface area contributed by atoms with Crippen LogP contribution in [0.1, 0.15) is 6.42 Å². The van der Waals surface area contributed by atoms with Crippen molar-refractivity contribution in [2.45, 2.75) is 6.42 Å². The van der Waals surface area contributed by atoms with Crippen LogP contribution in [0, 0.1) is 0 Å². The van der Waals surface area contributed by atoms with Gasteiger partial charge in [-0.15, -0.1) is 6.58 Å². The van der Waals surface area contributed by atoms with Crippen molar-refractivity contribution in [3.63, 3.8) is 0 Å². The lowest BCUT2D eigenvalue weighted by molar-refractivity contribution is 1.07. The Kier molecular flexibility index (Phi) is 4.13. The molecule has 1 nitrogen and oxygen atoms in total. The molecular formula is C10H11Cl2N. The average Bonchev–Trinajstić information content (AvgIpc) is 2.03. The van der Waals surface area contributed by atoms with E-state index in [0.29, 0.717) is 10.0 Å². The molecule has 1 N–H and O–H groups in total. The highest BCUT2D eigenvalue weighted by Crippen LogP contribution is 2.22. The number of hydrogen-bond acceptors (Lipinski definition) is 1. The lowest BCUT2D eigenvalue weighted by Gasteiger charge is -2.05. The van der Waals surface area contributed by atoms with Crippen LogP contribution in [0.2, 0.25) is 10.0 Å². The molecule has 70 valence electrons. The normalized spacial score (nSPS) is 9.69. The maximum absolute atomic E-state index is 5.82. The summed E-state index contributed by atoms with van der Waals surface area (Å²) in [5, 5.41) is 4.48. The second-order valence-electron chi connectivity index (χ2n) is 2.66. The molecule has 0 amide bonds. The zero-order valence-corrected chi connectivity index (χ0v) is 8.70. The van der Waals surface area contributed by atoms with Crippen molar-refractivity contribution < 1.29 is 0 Å². The van der Waals surface area contributed by atoms with E-state index in [4.69, 9.17) is 23.2 Å². The Morgan fingerprint density at radius 3 is 2.38 bits per heavy atom. The molecule has 0 saturated heterocycles. The molecule has 0 spiro atoms. The molecule has 0 aliphatic carbocycles. The van der Waals surface area contributed by atoms with E-state index in [1.54, 1.807) is 6.07 Å². The molecule has 1 aromatic carbocycles. The summed E-state index contributed by atoms with van der Waals surface area (Å²) in [6.45, 7) is 4.48. The molecule has 0 fully saturated rings. The lowest BCUT2D eigenvalue weighted by Crippen LogP contribution is -1.99. The summed E-state index contributed by atoms with van der Waals surface area (Å²) in [4.78, 5) is 0. The van der Waals surface area contributed by atoms with Gasteiger partial charge in [-0.1, -0.05) is 29.3 Å². The van der Waals surface area contributed by atoms with Crippen LogP contribution >= 0.6 is 23.2 Å². The lowest BCUT2D eigenvalue weighted by atomic mass is 10.3. The fourth-order valence-corrected chi connectivity index (χ4v) is 1.50. The Labute approximate surface area is 88.4 Å². The van der Waals surface area contributed by atoms with Gasteiger partial charge in [0, 0.05) is 22.3 Å². The molecule has 1 aromatic rings. The Hall–Kier alpha value is -0.660. The topological polar surface area (TPSA) is 12.0 Å². The van der Waals surface area contributed by atoms with Gasteiger partial charge >= 0.3 is 0 Å². The number of rotatable bonds is 4. The SMILES string of the molecule is C=CCCNc1cc(Cl)cc(Cl)c1. The molecule has 0 radical (unpaired) electrons. The molecule has 3 heteroatoms. The molecule has 0 aromatic heterocycles. The zero-order chi connectivity index (χ0) is 9.68. The molecule has 0 unspecified atom stereocenters. The summed E-state index contributed by atoms with van der Waals surface area (Å²) in [6.07, 6.45) is 2.78. The molecule has 13 heavy (non-hydrogen) atoms. The van der Waals surface area contributed by atoms with Crippen molar-refractivity contribution in [3.8, 4) is 0 Å². The van der Waals surface area contributed by atoms with Crippen LogP contribution in [-0.4, -0.2) is 6.54 Å². The first kappa shape index (κ1) is 10.4. The predicted octanol–water partition coefficient (Wildman–Crippen LogP) is 3.98. The predicted molar refractivity (Wildman–Crippen MR) is 59.8 cm³/mol. The minimum Gasteiger partial charge on any atom is -0.385 e.